The summed E-state index contributed by atoms with van der Waals surface area (Å²) in [6, 6.07) is 18.9. The summed E-state index contributed by atoms with van der Waals surface area (Å²) < 4.78 is 1.87. The van der Waals surface area contributed by atoms with Gasteiger partial charge in [0.1, 0.15) is 0 Å². The molecule has 21 heavy (non-hydrogen) atoms. The summed E-state index contributed by atoms with van der Waals surface area (Å²) in [5.74, 6) is 0.526. The van der Waals surface area contributed by atoms with E-state index in [2.05, 4.69) is 65.8 Å². The maximum Gasteiger partial charge on any atom is 0.169 e. The molecule has 0 aliphatic rings. The van der Waals surface area contributed by atoms with Crippen LogP contribution >= 0.6 is 0 Å². The van der Waals surface area contributed by atoms with Gasteiger partial charge in [0.25, 0.3) is 0 Å². The van der Waals surface area contributed by atoms with Crippen molar-refractivity contribution in [2.45, 2.75) is 19.9 Å². The fourth-order valence-corrected chi connectivity index (χ4v) is 2.44. The number of hydrogen-bond donors (Lipinski definition) is 1. The second kappa shape index (κ2) is 5.79. The molecular weight excluding hydrogens is 260 g/mol. The SMILES string of the molecule is CCc1c(N)nnn1Cc1ccc(-c2ccccc2)cc1. The van der Waals surface area contributed by atoms with Gasteiger partial charge in [-0.2, -0.15) is 0 Å². The Kier molecular flexibility index (Phi) is 3.69. The van der Waals surface area contributed by atoms with E-state index in [4.69, 9.17) is 5.73 Å². The second-order valence-corrected chi connectivity index (χ2v) is 5.00. The molecule has 0 atom stereocenters. The first-order valence-electron chi connectivity index (χ1n) is 7.10. The van der Waals surface area contributed by atoms with Crippen LogP contribution in [-0.2, 0) is 13.0 Å². The van der Waals surface area contributed by atoms with E-state index in [-0.39, 0.29) is 0 Å². The Bertz CT molecular complexity index is 714. The summed E-state index contributed by atoms with van der Waals surface area (Å²) >= 11 is 0. The van der Waals surface area contributed by atoms with Crippen LogP contribution in [0, 0.1) is 0 Å². The van der Waals surface area contributed by atoms with Crippen LogP contribution in [0.5, 0.6) is 0 Å². The van der Waals surface area contributed by atoms with E-state index in [0.717, 1.165) is 12.1 Å². The van der Waals surface area contributed by atoms with E-state index >= 15 is 0 Å². The summed E-state index contributed by atoms with van der Waals surface area (Å²) in [6.07, 6.45) is 0.834. The van der Waals surface area contributed by atoms with Gasteiger partial charge in [0.05, 0.1) is 12.2 Å². The number of aromatic nitrogens is 3. The highest BCUT2D eigenvalue weighted by Crippen LogP contribution is 2.20. The molecule has 0 saturated heterocycles. The third-order valence-electron chi connectivity index (χ3n) is 3.60. The Hall–Kier alpha value is -2.62. The third-order valence-corrected chi connectivity index (χ3v) is 3.60. The zero-order valence-electron chi connectivity index (χ0n) is 12.0. The van der Waals surface area contributed by atoms with Crippen molar-refractivity contribution < 1.29 is 0 Å². The van der Waals surface area contributed by atoms with Gasteiger partial charge in [0.2, 0.25) is 0 Å². The summed E-state index contributed by atoms with van der Waals surface area (Å²) in [6.45, 7) is 2.76. The average molecular weight is 278 g/mol. The van der Waals surface area contributed by atoms with Crippen molar-refractivity contribution in [1.82, 2.24) is 15.0 Å². The zero-order valence-corrected chi connectivity index (χ0v) is 12.0. The Labute approximate surface area is 124 Å². The fourth-order valence-electron chi connectivity index (χ4n) is 2.44. The van der Waals surface area contributed by atoms with Crippen LogP contribution in [0.25, 0.3) is 11.1 Å². The summed E-state index contributed by atoms with van der Waals surface area (Å²) in [5.41, 5.74) is 10.4. The Morgan fingerprint density at radius 1 is 0.952 bits per heavy atom. The topological polar surface area (TPSA) is 56.7 Å². The van der Waals surface area contributed by atoms with Gasteiger partial charge in [-0.25, -0.2) is 4.68 Å². The molecule has 0 spiro atoms. The van der Waals surface area contributed by atoms with Gasteiger partial charge < -0.3 is 5.73 Å². The lowest BCUT2D eigenvalue weighted by molar-refractivity contribution is 0.622. The van der Waals surface area contributed by atoms with Crippen LogP contribution in [-0.4, -0.2) is 15.0 Å². The lowest BCUT2D eigenvalue weighted by Crippen LogP contribution is -2.06. The first-order chi connectivity index (χ1) is 10.3. The van der Waals surface area contributed by atoms with E-state index in [1.54, 1.807) is 0 Å². The van der Waals surface area contributed by atoms with E-state index in [1.165, 1.54) is 16.7 Å². The summed E-state index contributed by atoms with van der Waals surface area (Å²) in [5, 5.41) is 8.04. The van der Waals surface area contributed by atoms with E-state index in [1.807, 2.05) is 10.7 Å². The van der Waals surface area contributed by atoms with Crippen molar-refractivity contribution in [3.05, 3.63) is 65.9 Å². The maximum atomic E-state index is 5.81. The van der Waals surface area contributed by atoms with Crippen LogP contribution in [0.2, 0.25) is 0 Å². The highest BCUT2D eigenvalue weighted by Gasteiger charge is 2.08. The number of nitrogens with zero attached hydrogens (tertiary/aromatic N) is 3. The lowest BCUT2D eigenvalue weighted by Gasteiger charge is -2.07. The number of benzene rings is 2. The molecule has 0 unspecified atom stereocenters. The first kappa shape index (κ1) is 13.4. The van der Waals surface area contributed by atoms with Gasteiger partial charge in [-0.1, -0.05) is 66.7 Å². The molecule has 3 aromatic rings. The van der Waals surface area contributed by atoms with Gasteiger partial charge in [-0.3, -0.25) is 0 Å². The molecule has 0 radical (unpaired) electrons. The molecule has 3 rings (SSSR count). The minimum absolute atomic E-state index is 0.526. The standard InChI is InChI=1S/C17H18N4/c1-2-16-17(18)19-20-21(16)12-13-8-10-15(11-9-13)14-6-4-3-5-7-14/h3-11H,2,12,18H2,1H3. The zero-order chi connectivity index (χ0) is 14.7. The first-order valence-corrected chi connectivity index (χ1v) is 7.10. The molecule has 0 amide bonds. The van der Waals surface area contributed by atoms with Gasteiger partial charge in [0, 0.05) is 0 Å². The van der Waals surface area contributed by atoms with Gasteiger partial charge in [0.15, 0.2) is 5.82 Å². The van der Waals surface area contributed by atoms with Crippen molar-refractivity contribution in [2.75, 3.05) is 5.73 Å². The molecule has 4 heteroatoms. The molecule has 0 aliphatic carbocycles. The number of anilines is 1. The molecule has 0 fully saturated rings. The number of nitrogen functional groups attached to an aromatic ring is 1. The number of rotatable bonds is 4. The Morgan fingerprint density at radius 2 is 1.62 bits per heavy atom. The molecule has 2 N–H and O–H groups in total. The molecule has 2 aromatic carbocycles. The molecule has 4 nitrogen and oxygen atoms in total. The van der Waals surface area contributed by atoms with Crippen LogP contribution < -0.4 is 5.73 Å². The molecule has 0 saturated carbocycles. The van der Waals surface area contributed by atoms with Gasteiger partial charge in [-0.05, 0) is 23.1 Å². The lowest BCUT2D eigenvalue weighted by atomic mass is 10.0. The quantitative estimate of drug-likeness (QED) is 0.797. The highest BCUT2D eigenvalue weighted by molar-refractivity contribution is 5.63. The minimum atomic E-state index is 0.526. The molecule has 1 aromatic heterocycles. The van der Waals surface area contributed by atoms with Crippen LogP contribution in [0.1, 0.15) is 18.2 Å². The maximum absolute atomic E-state index is 5.81. The molecular formula is C17H18N4. The van der Waals surface area contributed by atoms with Crippen molar-refractivity contribution >= 4 is 5.82 Å². The third kappa shape index (κ3) is 2.79. The predicted molar refractivity (Wildman–Crippen MR) is 84.8 cm³/mol. The van der Waals surface area contributed by atoms with Gasteiger partial charge in [-0.15, -0.1) is 5.10 Å². The van der Waals surface area contributed by atoms with Crippen LogP contribution in [0.3, 0.4) is 0 Å². The fraction of sp³-hybridized carbons (Fsp3) is 0.176. The Morgan fingerprint density at radius 3 is 2.29 bits per heavy atom. The van der Waals surface area contributed by atoms with Crippen LogP contribution in [0.15, 0.2) is 54.6 Å². The molecule has 1 heterocycles. The van der Waals surface area contributed by atoms with E-state index < -0.39 is 0 Å². The molecule has 0 bridgehead atoms. The molecule has 106 valence electrons. The average Bonchev–Trinajstić information content (AvgIpc) is 2.89. The normalized spacial score (nSPS) is 10.7. The smallest absolute Gasteiger partial charge is 0.169 e. The summed E-state index contributed by atoms with van der Waals surface area (Å²) in [7, 11) is 0. The minimum Gasteiger partial charge on any atom is -0.381 e. The van der Waals surface area contributed by atoms with Crippen molar-refractivity contribution in [1.29, 1.82) is 0 Å². The van der Waals surface area contributed by atoms with Crippen molar-refractivity contribution in [3.8, 4) is 11.1 Å². The largest absolute Gasteiger partial charge is 0.381 e. The monoisotopic (exact) mass is 278 g/mol. The number of nitrogens with two attached hydrogens (primary N) is 1. The molecule has 0 aliphatic heterocycles. The van der Waals surface area contributed by atoms with Crippen LogP contribution in [0.4, 0.5) is 5.82 Å². The van der Waals surface area contributed by atoms with Gasteiger partial charge >= 0.3 is 0 Å². The number of hydrogen-bond acceptors (Lipinski definition) is 3. The van der Waals surface area contributed by atoms with Crippen molar-refractivity contribution in [2.24, 2.45) is 0 Å². The van der Waals surface area contributed by atoms with E-state index in [0.29, 0.717) is 12.4 Å². The second-order valence-electron chi connectivity index (χ2n) is 5.00. The van der Waals surface area contributed by atoms with Crippen molar-refractivity contribution in [3.63, 3.8) is 0 Å². The predicted octanol–water partition coefficient (Wildman–Crippen LogP) is 3.14. The Balaban J connectivity index is 1.81. The van der Waals surface area contributed by atoms with E-state index in [9.17, 15) is 0 Å². The highest BCUT2D eigenvalue weighted by atomic mass is 15.4. The summed E-state index contributed by atoms with van der Waals surface area (Å²) in [4.78, 5) is 0.